The summed E-state index contributed by atoms with van der Waals surface area (Å²) in [4.78, 5) is 125. The van der Waals surface area contributed by atoms with Crippen molar-refractivity contribution in [1.82, 2.24) is 42.2 Å². The summed E-state index contributed by atoms with van der Waals surface area (Å²) >= 11 is 0. The standard InChI is InChI=1S/C45H73N13O11/c1-22(2)15-31(55-38(62)28(46)19-35(47)60)41(65)57-32(16-23(3)4)40(64)54-30(13-10-14-50-45(48)49)39(63)56-33(17-24(5)6)42(66)58-37(25(7)59)43(67)52-21-36(61)53-34(44(68)69)18-26-20-51-29-12-9-8-11-27(26)29/h8-9,11-12,20,22-25,28,30-34,37,51,59H,10,13-19,21,46H2,1-7H3,(H2,47,60)(H,52,67)(H,53,61)(H,54,64)(H,55,62)(H,56,63)(H,57,65)(H,58,66)(H,68,69)(H4,48,49,50)/t25-,28+,30+,31+,32+,33+,34+,37+/m1/s1. The number of nitrogens with two attached hydrogens (primary N) is 4. The third kappa shape index (κ3) is 20.9. The quantitative estimate of drug-likeness (QED) is 0.0221. The van der Waals surface area contributed by atoms with Crippen LogP contribution in [0.5, 0.6) is 0 Å². The Kier molecular flexibility index (Phi) is 24.1. The number of carbonyl (C=O) groups excluding carboxylic acids is 8. The molecule has 0 saturated heterocycles. The predicted octanol–water partition coefficient (Wildman–Crippen LogP) is -2.40. The minimum atomic E-state index is -1.64. The minimum absolute atomic E-state index is 0.0217. The smallest absolute Gasteiger partial charge is 0.326 e. The van der Waals surface area contributed by atoms with E-state index < -0.39 is 115 Å². The van der Waals surface area contributed by atoms with Crippen molar-refractivity contribution in [2.45, 2.75) is 142 Å². The lowest BCUT2D eigenvalue weighted by atomic mass is 9.99. The molecule has 18 N–H and O–H groups in total. The van der Waals surface area contributed by atoms with Crippen molar-refractivity contribution >= 4 is 70.1 Å². The van der Waals surface area contributed by atoms with Crippen LogP contribution in [0.2, 0.25) is 0 Å². The second-order valence-electron chi connectivity index (χ2n) is 18.3. The van der Waals surface area contributed by atoms with Crippen molar-refractivity contribution in [2.75, 3.05) is 13.1 Å². The van der Waals surface area contributed by atoms with Gasteiger partial charge in [0, 0.05) is 30.1 Å². The van der Waals surface area contributed by atoms with Crippen molar-refractivity contribution in [3.8, 4) is 0 Å². The van der Waals surface area contributed by atoms with Crippen molar-refractivity contribution < 1.29 is 53.4 Å². The molecule has 8 amide bonds. The number of H-pyrrole nitrogens is 1. The topological polar surface area (TPSA) is 411 Å². The summed E-state index contributed by atoms with van der Waals surface area (Å²) < 4.78 is 0. The Morgan fingerprint density at radius 2 is 1.14 bits per heavy atom. The molecule has 0 spiro atoms. The van der Waals surface area contributed by atoms with Crippen LogP contribution in [0.4, 0.5) is 0 Å². The van der Waals surface area contributed by atoms with Crippen molar-refractivity contribution in [3.05, 3.63) is 36.0 Å². The number of amides is 8. The van der Waals surface area contributed by atoms with Gasteiger partial charge in [-0.3, -0.25) is 43.3 Å². The lowest BCUT2D eigenvalue weighted by molar-refractivity contribution is -0.141. The molecule has 0 unspecified atom stereocenters. The SMILES string of the molecule is CC(C)C[C@H](NC(=O)[C@H](CC(C)C)NC(=O)[C@@H](N)CC(N)=O)C(=O)N[C@@H](CCCN=C(N)N)C(=O)N[C@@H](CC(C)C)C(=O)N[C@H](C(=O)NCC(=O)N[C@@H](Cc1c[nH]c2ccccc12)C(=O)O)[C@@H](C)O. The molecule has 0 aliphatic carbocycles. The van der Waals surface area contributed by atoms with Gasteiger partial charge >= 0.3 is 5.97 Å². The fourth-order valence-corrected chi connectivity index (χ4v) is 7.19. The number of nitrogens with zero attached hydrogens (tertiary/aromatic N) is 1. The summed E-state index contributed by atoms with van der Waals surface area (Å²) in [6.45, 7) is 11.3. The molecule has 8 atom stereocenters. The number of aliphatic carboxylic acids is 1. The molecular weight excluding hydrogens is 899 g/mol. The van der Waals surface area contributed by atoms with Crippen LogP contribution in [0.1, 0.15) is 92.6 Å². The first kappa shape index (κ1) is 58.3. The third-order valence-corrected chi connectivity index (χ3v) is 10.6. The van der Waals surface area contributed by atoms with Crippen LogP contribution in [0.3, 0.4) is 0 Å². The molecule has 2 aromatic rings. The number of carboxylic acids is 1. The molecule has 1 heterocycles. The van der Waals surface area contributed by atoms with Gasteiger partial charge in [-0.05, 0) is 68.4 Å². The molecule has 0 aliphatic heterocycles. The van der Waals surface area contributed by atoms with Gasteiger partial charge in [-0.2, -0.15) is 0 Å². The Balaban J connectivity index is 2.27. The van der Waals surface area contributed by atoms with E-state index in [1.54, 1.807) is 59.9 Å². The molecular formula is C45H73N13O11. The molecule has 24 heteroatoms. The number of primary amides is 1. The van der Waals surface area contributed by atoms with Gasteiger partial charge in [-0.15, -0.1) is 0 Å². The number of hydrogen-bond acceptors (Lipinski definition) is 12. The number of aliphatic hydroxyl groups excluding tert-OH is 1. The van der Waals surface area contributed by atoms with E-state index in [1.165, 1.54) is 6.92 Å². The van der Waals surface area contributed by atoms with E-state index in [0.29, 0.717) is 5.56 Å². The molecule has 1 aromatic carbocycles. The molecule has 0 fully saturated rings. The van der Waals surface area contributed by atoms with Crippen LogP contribution in [-0.4, -0.2) is 136 Å². The summed E-state index contributed by atoms with van der Waals surface area (Å²) in [5.74, 6) is -8.71. The third-order valence-electron chi connectivity index (χ3n) is 10.6. The Bertz CT molecular complexity index is 2120. The number of aliphatic hydroxyl groups is 1. The number of rotatable bonds is 30. The Hall–Kier alpha value is -6.82. The highest BCUT2D eigenvalue weighted by molar-refractivity contribution is 5.98. The molecule has 384 valence electrons. The summed E-state index contributed by atoms with van der Waals surface area (Å²) in [7, 11) is 0. The van der Waals surface area contributed by atoms with E-state index in [4.69, 9.17) is 22.9 Å². The van der Waals surface area contributed by atoms with Crippen LogP contribution >= 0.6 is 0 Å². The highest BCUT2D eigenvalue weighted by Crippen LogP contribution is 2.19. The number of benzene rings is 1. The number of fused-ring (bicyclic) bond motifs is 1. The monoisotopic (exact) mass is 972 g/mol. The van der Waals surface area contributed by atoms with Crippen LogP contribution in [-0.2, 0) is 49.6 Å². The zero-order chi connectivity index (χ0) is 52.1. The van der Waals surface area contributed by atoms with Gasteiger partial charge in [-0.1, -0.05) is 59.7 Å². The molecule has 0 saturated carbocycles. The summed E-state index contributed by atoms with van der Waals surface area (Å²) in [5, 5.41) is 38.9. The predicted molar refractivity (Wildman–Crippen MR) is 256 cm³/mol. The fourth-order valence-electron chi connectivity index (χ4n) is 7.19. The first-order valence-electron chi connectivity index (χ1n) is 22.9. The minimum Gasteiger partial charge on any atom is -0.480 e. The van der Waals surface area contributed by atoms with Crippen LogP contribution in [0, 0.1) is 17.8 Å². The van der Waals surface area contributed by atoms with Gasteiger partial charge in [0.1, 0.15) is 36.3 Å². The zero-order valence-corrected chi connectivity index (χ0v) is 40.4. The maximum Gasteiger partial charge on any atom is 0.326 e. The van der Waals surface area contributed by atoms with Crippen molar-refractivity contribution in [2.24, 2.45) is 45.7 Å². The lowest BCUT2D eigenvalue weighted by Crippen LogP contribution is -2.61. The summed E-state index contributed by atoms with van der Waals surface area (Å²) in [5.41, 5.74) is 23.4. The largest absolute Gasteiger partial charge is 0.480 e. The Labute approximate surface area is 401 Å². The van der Waals surface area contributed by atoms with Gasteiger partial charge in [-0.25, -0.2) is 4.79 Å². The first-order chi connectivity index (χ1) is 32.3. The number of aliphatic imine (C=N–C) groups is 1. The Morgan fingerprint density at radius 3 is 1.64 bits per heavy atom. The maximum atomic E-state index is 14.1. The average Bonchev–Trinajstić information content (AvgIpc) is 3.65. The molecule has 1 aromatic heterocycles. The van der Waals surface area contributed by atoms with Crippen molar-refractivity contribution in [3.63, 3.8) is 0 Å². The van der Waals surface area contributed by atoms with Crippen LogP contribution < -0.4 is 60.2 Å². The molecule has 69 heavy (non-hydrogen) atoms. The van der Waals surface area contributed by atoms with E-state index in [1.807, 2.05) is 12.1 Å². The lowest BCUT2D eigenvalue weighted by Gasteiger charge is -2.29. The second kappa shape index (κ2) is 28.5. The highest BCUT2D eigenvalue weighted by atomic mass is 16.4. The number of hydrogen-bond donors (Lipinski definition) is 14. The first-order valence-corrected chi connectivity index (χ1v) is 22.9. The molecule has 0 radical (unpaired) electrons. The van der Waals surface area contributed by atoms with Crippen LogP contribution in [0.15, 0.2) is 35.5 Å². The number of aromatic amines is 1. The number of aromatic nitrogens is 1. The van der Waals surface area contributed by atoms with Gasteiger partial charge in [0.05, 0.1) is 25.1 Å². The second-order valence-corrected chi connectivity index (χ2v) is 18.3. The highest BCUT2D eigenvalue weighted by Gasteiger charge is 2.35. The van der Waals surface area contributed by atoms with E-state index in [2.05, 4.69) is 47.2 Å². The van der Waals surface area contributed by atoms with Crippen molar-refractivity contribution in [1.29, 1.82) is 0 Å². The summed E-state index contributed by atoms with van der Waals surface area (Å²) in [6, 6.07) is -2.16. The number of guanidine groups is 1. The number of nitrogens with one attached hydrogen (secondary N) is 8. The number of para-hydroxylation sites is 1. The Morgan fingerprint density at radius 1 is 0.652 bits per heavy atom. The van der Waals surface area contributed by atoms with E-state index in [9.17, 15) is 53.4 Å². The molecule has 0 aliphatic rings. The van der Waals surface area contributed by atoms with Crippen LogP contribution in [0.25, 0.3) is 10.9 Å². The molecule has 2 rings (SSSR count). The van der Waals surface area contributed by atoms with E-state index in [-0.39, 0.29) is 68.8 Å². The number of carboxylic acid groups (broad SMARTS) is 1. The number of carbonyl (C=O) groups is 9. The molecule has 24 nitrogen and oxygen atoms in total. The summed E-state index contributed by atoms with van der Waals surface area (Å²) in [6.07, 6.45) is -0.0385. The van der Waals surface area contributed by atoms with Gasteiger partial charge < -0.3 is 75.3 Å². The van der Waals surface area contributed by atoms with Gasteiger partial charge in [0.2, 0.25) is 47.3 Å². The molecule has 0 bridgehead atoms. The van der Waals surface area contributed by atoms with E-state index >= 15 is 0 Å². The fraction of sp³-hybridized carbons (Fsp3) is 0.600. The zero-order valence-electron chi connectivity index (χ0n) is 40.4. The normalized spacial score (nSPS) is 14.8. The van der Waals surface area contributed by atoms with Gasteiger partial charge in [0.15, 0.2) is 5.96 Å². The van der Waals surface area contributed by atoms with E-state index in [0.717, 1.165) is 10.9 Å². The maximum absolute atomic E-state index is 14.1. The van der Waals surface area contributed by atoms with Gasteiger partial charge in [0.25, 0.3) is 0 Å². The average molecular weight is 972 g/mol.